The third-order valence-electron chi connectivity index (χ3n) is 4.07. The number of hydrogen-bond acceptors (Lipinski definition) is 5. The minimum atomic E-state index is 0.540. The van der Waals surface area contributed by atoms with Gasteiger partial charge in [-0.25, -0.2) is 9.97 Å². The summed E-state index contributed by atoms with van der Waals surface area (Å²) < 4.78 is 0. The van der Waals surface area contributed by atoms with Crippen molar-refractivity contribution in [1.29, 1.82) is 0 Å². The summed E-state index contributed by atoms with van der Waals surface area (Å²) in [7, 11) is 0. The summed E-state index contributed by atoms with van der Waals surface area (Å²) in [6.45, 7) is 4.20. The molecule has 3 N–H and O–H groups in total. The van der Waals surface area contributed by atoms with Crippen LogP contribution in [0.2, 0.25) is 10.0 Å². The maximum Gasteiger partial charge on any atom is 0.159 e. The number of aromatic nitrogens is 2. The number of hydrogen-bond donors (Lipinski definition) is 2. The van der Waals surface area contributed by atoms with Crippen LogP contribution in [0.15, 0.2) is 24.5 Å². The second-order valence-corrected chi connectivity index (χ2v) is 6.79. The van der Waals surface area contributed by atoms with Crippen LogP contribution in [0.3, 0.4) is 0 Å². The van der Waals surface area contributed by atoms with Gasteiger partial charge in [0.05, 0.1) is 0 Å². The Morgan fingerprint density at radius 1 is 1.13 bits per heavy atom. The van der Waals surface area contributed by atoms with E-state index < -0.39 is 0 Å². The molecule has 1 aliphatic heterocycles. The van der Waals surface area contributed by atoms with Crippen molar-refractivity contribution in [3.63, 3.8) is 0 Å². The van der Waals surface area contributed by atoms with Gasteiger partial charge in [0.1, 0.15) is 12.0 Å². The summed E-state index contributed by atoms with van der Waals surface area (Å²) in [4.78, 5) is 10.8. The molecule has 2 heterocycles. The highest BCUT2D eigenvalue weighted by atomic mass is 35.5. The van der Waals surface area contributed by atoms with E-state index >= 15 is 0 Å². The van der Waals surface area contributed by atoms with Crippen molar-refractivity contribution in [3.8, 4) is 0 Å². The monoisotopic (exact) mass is 351 g/mol. The van der Waals surface area contributed by atoms with Gasteiger partial charge in [0.25, 0.3) is 0 Å². The lowest BCUT2D eigenvalue weighted by atomic mass is 9.99. The fraction of sp³-hybridized carbons (Fsp3) is 0.375. The zero-order valence-corrected chi connectivity index (χ0v) is 14.4. The number of nitrogen functional groups attached to an aromatic ring is 1. The predicted molar refractivity (Wildman–Crippen MR) is 96.8 cm³/mol. The fourth-order valence-electron chi connectivity index (χ4n) is 2.72. The van der Waals surface area contributed by atoms with E-state index in [0.717, 1.165) is 43.4 Å². The molecule has 2 aromatic rings. The summed E-state index contributed by atoms with van der Waals surface area (Å²) in [6, 6.07) is 5.23. The molecular formula is C16H19Cl2N5. The number of halogens is 2. The zero-order valence-electron chi connectivity index (χ0n) is 12.9. The molecule has 1 fully saturated rings. The lowest BCUT2D eigenvalue weighted by molar-refractivity contribution is 0.437. The van der Waals surface area contributed by atoms with E-state index in [9.17, 15) is 0 Å². The van der Waals surface area contributed by atoms with Crippen LogP contribution >= 0.6 is 23.2 Å². The van der Waals surface area contributed by atoms with Crippen LogP contribution in [0.4, 0.5) is 23.0 Å². The van der Waals surface area contributed by atoms with Gasteiger partial charge in [-0.05, 0) is 37.0 Å². The van der Waals surface area contributed by atoms with Crippen LogP contribution < -0.4 is 16.0 Å². The molecular weight excluding hydrogens is 333 g/mol. The summed E-state index contributed by atoms with van der Waals surface area (Å²) in [5.74, 6) is 2.09. The number of nitrogens with zero attached hydrogens (tertiary/aromatic N) is 3. The first-order valence-electron chi connectivity index (χ1n) is 7.61. The van der Waals surface area contributed by atoms with Gasteiger partial charge in [0.15, 0.2) is 11.6 Å². The average Bonchev–Trinajstić information content (AvgIpc) is 2.49. The van der Waals surface area contributed by atoms with Gasteiger partial charge in [-0.2, -0.15) is 0 Å². The Hall–Kier alpha value is -1.72. The number of nitrogens with one attached hydrogen (secondary N) is 1. The van der Waals surface area contributed by atoms with Crippen LogP contribution in [-0.4, -0.2) is 23.1 Å². The van der Waals surface area contributed by atoms with E-state index in [1.807, 2.05) is 0 Å². The van der Waals surface area contributed by atoms with E-state index in [2.05, 4.69) is 27.1 Å². The number of piperidine rings is 1. The SMILES string of the molecule is CC1CCN(c2ncnc(Nc3cc(Cl)cc(Cl)c3)c2N)CC1. The van der Waals surface area contributed by atoms with E-state index in [1.54, 1.807) is 18.2 Å². The van der Waals surface area contributed by atoms with Crippen LogP contribution in [0.5, 0.6) is 0 Å². The second kappa shape index (κ2) is 6.81. The molecule has 0 spiro atoms. The number of benzene rings is 1. The molecule has 23 heavy (non-hydrogen) atoms. The maximum absolute atomic E-state index is 6.28. The Morgan fingerprint density at radius 3 is 2.43 bits per heavy atom. The van der Waals surface area contributed by atoms with Crippen molar-refractivity contribution in [3.05, 3.63) is 34.6 Å². The average molecular weight is 352 g/mol. The molecule has 3 rings (SSSR count). The Kier molecular flexibility index (Phi) is 4.78. The van der Waals surface area contributed by atoms with E-state index in [-0.39, 0.29) is 0 Å². The topological polar surface area (TPSA) is 67.1 Å². The van der Waals surface area contributed by atoms with Gasteiger partial charge >= 0.3 is 0 Å². The smallest absolute Gasteiger partial charge is 0.159 e. The lowest BCUT2D eigenvalue weighted by Gasteiger charge is -2.32. The summed E-state index contributed by atoms with van der Waals surface area (Å²) in [6.07, 6.45) is 3.82. The number of nitrogens with two attached hydrogens (primary N) is 1. The van der Waals surface area contributed by atoms with Crippen molar-refractivity contribution in [2.45, 2.75) is 19.8 Å². The van der Waals surface area contributed by atoms with Crippen LogP contribution in [0.1, 0.15) is 19.8 Å². The third-order valence-corrected chi connectivity index (χ3v) is 4.51. The van der Waals surface area contributed by atoms with Crippen LogP contribution in [0, 0.1) is 5.92 Å². The predicted octanol–water partition coefficient (Wildman–Crippen LogP) is 4.35. The van der Waals surface area contributed by atoms with E-state index in [4.69, 9.17) is 28.9 Å². The number of rotatable bonds is 3. The molecule has 1 aromatic heterocycles. The van der Waals surface area contributed by atoms with Gasteiger partial charge in [-0.3, -0.25) is 0 Å². The minimum Gasteiger partial charge on any atom is -0.393 e. The van der Waals surface area contributed by atoms with Gasteiger partial charge in [0.2, 0.25) is 0 Å². The van der Waals surface area contributed by atoms with Gasteiger partial charge in [-0.1, -0.05) is 30.1 Å². The van der Waals surface area contributed by atoms with Crippen LogP contribution in [0.25, 0.3) is 0 Å². The molecule has 0 unspecified atom stereocenters. The maximum atomic E-state index is 6.28. The normalized spacial score (nSPS) is 15.7. The number of anilines is 4. The van der Waals surface area contributed by atoms with Crippen molar-refractivity contribution < 1.29 is 0 Å². The van der Waals surface area contributed by atoms with Crippen LogP contribution in [-0.2, 0) is 0 Å². The minimum absolute atomic E-state index is 0.540. The molecule has 0 aliphatic carbocycles. The first-order valence-corrected chi connectivity index (χ1v) is 8.37. The summed E-state index contributed by atoms with van der Waals surface area (Å²) >= 11 is 12.1. The fourth-order valence-corrected chi connectivity index (χ4v) is 3.25. The van der Waals surface area contributed by atoms with Crippen molar-refractivity contribution in [1.82, 2.24) is 9.97 Å². The Morgan fingerprint density at radius 2 is 1.78 bits per heavy atom. The lowest BCUT2D eigenvalue weighted by Crippen LogP contribution is -2.34. The Bertz CT molecular complexity index is 679. The molecule has 1 aromatic carbocycles. The van der Waals surface area contributed by atoms with Gasteiger partial charge in [0, 0.05) is 28.8 Å². The quantitative estimate of drug-likeness (QED) is 0.860. The molecule has 7 heteroatoms. The molecule has 0 amide bonds. The highest BCUT2D eigenvalue weighted by molar-refractivity contribution is 6.35. The molecule has 5 nitrogen and oxygen atoms in total. The zero-order chi connectivity index (χ0) is 16.4. The Labute approximate surface area is 145 Å². The molecule has 0 radical (unpaired) electrons. The van der Waals surface area contributed by atoms with E-state index in [1.165, 1.54) is 6.33 Å². The molecule has 0 atom stereocenters. The van der Waals surface area contributed by atoms with Crippen molar-refractivity contribution in [2.75, 3.05) is 29.0 Å². The van der Waals surface area contributed by atoms with Gasteiger partial charge < -0.3 is 16.0 Å². The third kappa shape index (κ3) is 3.79. The van der Waals surface area contributed by atoms with Gasteiger partial charge in [-0.15, -0.1) is 0 Å². The summed E-state index contributed by atoms with van der Waals surface area (Å²) in [5, 5.41) is 4.28. The first-order chi connectivity index (χ1) is 11.0. The molecule has 0 saturated carbocycles. The summed E-state index contributed by atoms with van der Waals surface area (Å²) in [5.41, 5.74) is 7.56. The second-order valence-electron chi connectivity index (χ2n) is 5.91. The van der Waals surface area contributed by atoms with E-state index in [0.29, 0.717) is 21.6 Å². The Balaban J connectivity index is 1.84. The van der Waals surface area contributed by atoms with Crippen molar-refractivity contribution in [2.24, 2.45) is 5.92 Å². The largest absolute Gasteiger partial charge is 0.393 e. The highest BCUT2D eigenvalue weighted by Gasteiger charge is 2.20. The molecule has 1 saturated heterocycles. The molecule has 122 valence electrons. The first kappa shape index (κ1) is 16.1. The highest BCUT2D eigenvalue weighted by Crippen LogP contribution is 2.32. The molecule has 1 aliphatic rings. The van der Waals surface area contributed by atoms with Crippen molar-refractivity contribution >= 4 is 46.2 Å². The molecule has 0 bridgehead atoms. The standard InChI is InChI=1S/C16H19Cl2N5/c1-10-2-4-23(5-3-10)16-14(19)15(20-9-21-16)22-13-7-11(17)6-12(18)8-13/h6-10H,2-5,19H2,1H3,(H,20,21,22).